The molecule has 2 rings (SSSR count). The molecule has 8 heteroatoms. The lowest BCUT2D eigenvalue weighted by Gasteiger charge is -2.27. The number of sulfone groups is 1. The molecule has 0 fully saturated rings. The highest BCUT2D eigenvalue weighted by atomic mass is 32.2. The summed E-state index contributed by atoms with van der Waals surface area (Å²) >= 11 is 0. The summed E-state index contributed by atoms with van der Waals surface area (Å²) in [6.45, 7) is 2.49. The van der Waals surface area contributed by atoms with Crippen molar-refractivity contribution in [2.75, 3.05) is 34.1 Å². The molecule has 1 atom stereocenters. The number of rotatable bonds is 9. The summed E-state index contributed by atoms with van der Waals surface area (Å²) in [5, 5.41) is 3.29. The predicted octanol–water partition coefficient (Wildman–Crippen LogP) is 2.96. The Bertz CT molecular complexity index is 946. The molecule has 30 heavy (non-hydrogen) atoms. The molecule has 1 unspecified atom stereocenters. The molecule has 0 saturated heterocycles. The molecule has 0 spiro atoms. The number of nitrogens with zero attached hydrogens (tertiary/aromatic N) is 2. The van der Waals surface area contributed by atoms with E-state index in [2.05, 4.69) is 10.3 Å². The molecule has 0 bridgehead atoms. The van der Waals surface area contributed by atoms with Crippen LogP contribution in [0.2, 0.25) is 0 Å². The Morgan fingerprint density at radius 3 is 2.40 bits per heavy atom. The number of aliphatic imine (C=N–C) groups is 1. The molecule has 2 aromatic carbocycles. The van der Waals surface area contributed by atoms with Crippen molar-refractivity contribution in [3.8, 4) is 11.5 Å². The topological polar surface area (TPSA) is 80.2 Å². The fourth-order valence-electron chi connectivity index (χ4n) is 3.09. The van der Waals surface area contributed by atoms with Crippen LogP contribution in [-0.2, 0) is 16.4 Å². The highest BCUT2D eigenvalue weighted by Crippen LogP contribution is 2.25. The van der Waals surface area contributed by atoms with E-state index < -0.39 is 9.84 Å². The van der Waals surface area contributed by atoms with Crippen LogP contribution in [0.4, 0.5) is 0 Å². The standard InChI is InChI=1S/C22H31N3O4S/c1-6-18(16-30(26,27)20-10-8-7-9-11-20)24-22(23-2)25(3)15-17-12-13-19(28-4)14-21(17)29-5/h7-14,18H,6,15-16H2,1-5H3,(H,23,24). The predicted molar refractivity (Wildman–Crippen MR) is 120 cm³/mol. The Hall–Kier alpha value is -2.74. The van der Waals surface area contributed by atoms with Crippen molar-refractivity contribution in [2.45, 2.75) is 30.8 Å². The molecule has 1 N–H and O–H groups in total. The van der Waals surface area contributed by atoms with E-state index in [1.807, 2.05) is 37.1 Å². The van der Waals surface area contributed by atoms with Crippen LogP contribution in [0.3, 0.4) is 0 Å². The van der Waals surface area contributed by atoms with Gasteiger partial charge in [-0.15, -0.1) is 0 Å². The molecule has 0 saturated carbocycles. The SMILES string of the molecule is CCC(CS(=O)(=O)c1ccccc1)NC(=NC)N(C)Cc1ccc(OC)cc1OC. The van der Waals surface area contributed by atoms with Gasteiger partial charge in [0.05, 0.1) is 24.9 Å². The number of benzene rings is 2. The lowest BCUT2D eigenvalue weighted by atomic mass is 10.2. The number of hydrogen-bond donors (Lipinski definition) is 1. The Labute approximate surface area is 179 Å². The average Bonchev–Trinajstić information content (AvgIpc) is 2.77. The van der Waals surface area contributed by atoms with Gasteiger partial charge in [0.15, 0.2) is 15.8 Å². The van der Waals surface area contributed by atoms with Gasteiger partial charge in [-0.25, -0.2) is 8.42 Å². The fraction of sp³-hybridized carbons (Fsp3) is 0.409. The van der Waals surface area contributed by atoms with Gasteiger partial charge in [0, 0.05) is 38.3 Å². The third-order valence-corrected chi connectivity index (χ3v) is 6.66. The number of hydrogen-bond acceptors (Lipinski definition) is 5. The molecule has 0 aliphatic rings. The molecular formula is C22H31N3O4S. The summed E-state index contributed by atoms with van der Waals surface area (Å²) in [5.74, 6) is 2.04. The van der Waals surface area contributed by atoms with Crippen LogP contribution < -0.4 is 14.8 Å². The molecule has 0 amide bonds. The molecular weight excluding hydrogens is 402 g/mol. The van der Waals surface area contributed by atoms with E-state index in [1.54, 1.807) is 51.6 Å². The van der Waals surface area contributed by atoms with E-state index in [0.29, 0.717) is 23.8 Å². The number of ether oxygens (including phenoxy) is 2. The highest BCUT2D eigenvalue weighted by molar-refractivity contribution is 7.91. The van der Waals surface area contributed by atoms with E-state index in [0.717, 1.165) is 17.1 Å². The molecule has 2 aromatic rings. The van der Waals surface area contributed by atoms with Crippen molar-refractivity contribution >= 4 is 15.8 Å². The molecule has 0 aromatic heterocycles. The minimum Gasteiger partial charge on any atom is -0.497 e. The third-order valence-electron chi connectivity index (χ3n) is 4.82. The molecule has 0 heterocycles. The first kappa shape index (κ1) is 23.5. The summed E-state index contributed by atoms with van der Waals surface area (Å²) in [6, 6.07) is 13.9. The Kier molecular flexibility index (Phi) is 8.53. The largest absolute Gasteiger partial charge is 0.497 e. The van der Waals surface area contributed by atoms with Crippen molar-refractivity contribution in [3.63, 3.8) is 0 Å². The van der Waals surface area contributed by atoms with Crippen LogP contribution in [-0.4, -0.2) is 59.4 Å². The van der Waals surface area contributed by atoms with Crippen LogP contribution in [0.15, 0.2) is 58.4 Å². The zero-order valence-electron chi connectivity index (χ0n) is 18.3. The van der Waals surface area contributed by atoms with E-state index >= 15 is 0 Å². The lowest BCUT2D eigenvalue weighted by Crippen LogP contribution is -2.46. The maximum absolute atomic E-state index is 12.8. The van der Waals surface area contributed by atoms with Gasteiger partial charge in [-0.05, 0) is 30.7 Å². The maximum atomic E-state index is 12.8. The fourth-order valence-corrected chi connectivity index (χ4v) is 4.70. The molecule has 0 radical (unpaired) electrons. The molecule has 7 nitrogen and oxygen atoms in total. The van der Waals surface area contributed by atoms with Crippen molar-refractivity contribution in [1.82, 2.24) is 10.2 Å². The van der Waals surface area contributed by atoms with Crippen molar-refractivity contribution in [3.05, 3.63) is 54.1 Å². The third kappa shape index (κ3) is 6.13. The molecule has 0 aliphatic heterocycles. The summed E-state index contributed by atoms with van der Waals surface area (Å²) in [5.41, 5.74) is 0.966. The first-order chi connectivity index (χ1) is 14.3. The first-order valence-electron chi connectivity index (χ1n) is 9.77. The van der Waals surface area contributed by atoms with E-state index in [1.165, 1.54) is 0 Å². The minimum absolute atomic E-state index is 0.00771. The van der Waals surface area contributed by atoms with Gasteiger partial charge in [-0.3, -0.25) is 4.99 Å². The smallest absolute Gasteiger partial charge is 0.193 e. The number of guanidine groups is 1. The average molecular weight is 434 g/mol. The maximum Gasteiger partial charge on any atom is 0.193 e. The normalized spacial score (nSPS) is 12.9. The van der Waals surface area contributed by atoms with E-state index in [9.17, 15) is 8.42 Å². The zero-order chi connectivity index (χ0) is 22.1. The van der Waals surface area contributed by atoms with Gasteiger partial charge in [-0.1, -0.05) is 25.1 Å². The van der Waals surface area contributed by atoms with Crippen molar-refractivity contribution < 1.29 is 17.9 Å². The second kappa shape index (κ2) is 10.9. The highest BCUT2D eigenvalue weighted by Gasteiger charge is 2.22. The first-order valence-corrected chi connectivity index (χ1v) is 11.4. The lowest BCUT2D eigenvalue weighted by molar-refractivity contribution is 0.381. The molecule has 0 aliphatic carbocycles. The summed E-state index contributed by atoms with van der Waals surface area (Å²) in [6.07, 6.45) is 0.644. The van der Waals surface area contributed by atoms with Crippen LogP contribution in [0.25, 0.3) is 0 Å². The Morgan fingerprint density at radius 2 is 1.83 bits per heavy atom. The van der Waals surface area contributed by atoms with Gasteiger partial charge in [0.2, 0.25) is 0 Å². The van der Waals surface area contributed by atoms with Gasteiger partial charge in [-0.2, -0.15) is 0 Å². The summed E-state index contributed by atoms with van der Waals surface area (Å²) in [4.78, 5) is 6.60. The second-order valence-corrected chi connectivity index (χ2v) is 8.96. The van der Waals surface area contributed by atoms with Gasteiger partial charge < -0.3 is 19.7 Å². The Morgan fingerprint density at radius 1 is 1.13 bits per heavy atom. The second-order valence-electron chi connectivity index (χ2n) is 6.93. The van der Waals surface area contributed by atoms with Gasteiger partial charge in [0.25, 0.3) is 0 Å². The van der Waals surface area contributed by atoms with E-state index in [-0.39, 0.29) is 11.8 Å². The van der Waals surface area contributed by atoms with Crippen LogP contribution in [0, 0.1) is 0 Å². The van der Waals surface area contributed by atoms with Crippen LogP contribution in [0.1, 0.15) is 18.9 Å². The number of methoxy groups -OCH3 is 2. The summed E-state index contributed by atoms with van der Waals surface area (Å²) < 4.78 is 36.2. The van der Waals surface area contributed by atoms with Gasteiger partial charge >= 0.3 is 0 Å². The number of nitrogens with one attached hydrogen (secondary N) is 1. The van der Waals surface area contributed by atoms with Crippen molar-refractivity contribution in [2.24, 2.45) is 4.99 Å². The van der Waals surface area contributed by atoms with Crippen LogP contribution >= 0.6 is 0 Å². The van der Waals surface area contributed by atoms with Gasteiger partial charge in [0.1, 0.15) is 11.5 Å². The minimum atomic E-state index is -3.40. The monoisotopic (exact) mass is 433 g/mol. The van der Waals surface area contributed by atoms with Crippen molar-refractivity contribution in [1.29, 1.82) is 0 Å². The van der Waals surface area contributed by atoms with E-state index in [4.69, 9.17) is 9.47 Å². The Balaban J connectivity index is 2.11. The zero-order valence-corrected chi connectivity index (χ0v) is 19.1. The summed E-state index contributed by atoms with van der Waals surface area (Å²) in [7, 11) is 3.41. The quantitative estimate of drug-likeness (QED) is 0.484. The van der Waals surface area contributed by atoms with Crippen LogP contribution in [0.5, 0.6) is 11.5 Å². The molecule has 164 valence electrons.